The van der Waals surface area contributed by atoms with Crippen LogP contribution in [0.25, 0.3) is 0 Å². The first-order chi connectivity index (χ1) is 6.09. The van der Waals surface area contributed by atoms with Gasteiger partial charge >= 0.3 is 5.97 Å². The molecule has 76 valence electrons. The quantitative estimate of drug-likeness (QED) is 0.519. The molecule has 4 nitrogen and oxygen atoms in total. The van der Waals surface area contributed by atoms with Crippen LogP contribution in [-0.2, 0) is 11.2 Å². The zero-order valence-electron chi connectivity index (χ0n) is 7.36. The summed E-state index contributed by atoms with van der Waals surface area (Å²) < 4.78 is 0. The molecule has 0 saturated heterocycles. The molecule has 1 aromatic carbocycles. The maximum Gasteiger partial charge on any atom is 0.307 e. The third-order valence-electron chi connectivity index (χ3n) is 1.59. The van der Waals surface area contributed by atoms with Gasteiger partial charge in [0.25, 0.3) is 0 Å². The van der Waals surface area contributed by atoms with E-state index in [9.17, 15) is 4.79 Å². The van der Waals surface area contributed by atoms with Gasteiger partial charge in [-0.3, -0.25) is 10.2 Å². The average Bonchev–Trinajstić information content (AvgIpc) is 2.03. The van der Waals surface area contributed by atoms with Crippen LogP contribution in [0.15, 0.2) is 24.3 Å². The summed E-state index contributed by atoms with van der Waals surface area (Å²) in [5.41, 5.74) is 6.46. The van der Waals surface area contributed by atoms with E-state index in [1.165, 1.54) is 0 Å². The number of halogens is 1. The van der Waals surface area contributed by atoms with Gasteiger partial charge in [-0.2, -0.15) is 0 Å². The number of nitrogens with two attached hydrogens (primary N) is 1. The average molecular weight is 215 g/mol. The van der Waals surface area contributed by atoms with Crippen molar-refractivity contribution in [3.63, 3.8) is 0 Å². The molecule has 0 aromatic heterocycles. The zero-order valence-corrected chi connectivity index (χ0v) is 8.17. The van der Waals surface area contributed by atoms with Gasteiger partial charge in [0, 0.05) is 5.56 Å². The molecule has 0 saturated carbocycles. The Labute approximate surface area is 87.7 Å². The van der Waals surface area contributed by atoms with E-state index in [2.05, 4.69) is 0 Å². The lowest BCUT2D eigenvalue weighted by molar-refractivity contribution is -0.136. The Hall–Kier alpha value is -1.55. The lowest BCUT2D eigenvalue weighted by Gasteiger charge is -2.00. The molecule has 0 atom stereocenters. The first-order valence-corrected chi connectivity index (χ1v) is 3.74. The number of aliphatic carboxylic acids is 1. The summed E-state index contributed by atoms with van der Waals surface area (Å²) in [6, 6.07) is 6.67. The van der Waals surface area contributed by atoms with Crippen LogP contribution in [-0.4, -0.2) is 16.9 Å². The van der Waals surface area contributed by atoms with Crippen molar-refractivity contribution in [3.8, 4) is 0 Å². The lowest BCUT2D eigenvalue weighted by atomic mass is 10.1. The van der Waals surface area contributed by atoms with Crippen LogP contribution in [0.5, 0.6) is 0 Å². The highest BCUT2D eigenvalue weighted by Gasteiger charge is 2.02. The SMILES string of the molecule is Cl.N=C(N)c1cccc(CC(=O)O)c1. The number of rotatable bonds is 3. The molecule has 1 aromatic rings. The molecule has 1 rings (SSSR count). The molecule has 4 N–H and O–H groups in total. The molecule has 0 fully saturated rings. The zero-order chi connectivity index (χ0) is 9.84. The smallest absolute Gasteiger partial charge is 0.307 e. The second-order valence-electron chi connectivity index (χ2n) is 2.68. The van der Waals surface area contributed by atoms with Gasteiger partial charge in [-0.05, 0) is 11.6 Å². The fourth-order valence-corrected chi connectivity index (χ4v) is 1.02. The Morgan fingerprint density at radius 3 is 2.64 bits per heavy atom. The number of carboxylic acids is 1. The minimum Gasteiger partial charge on any atom is -0.481 e. The van der Waals surface area contributed by atoms with Crippen molar-refractivity contribution in [1.82, 2.24) is 0 Å². The Bertz CT molecular complexity index is 352. The minimum absolute atomic E-state index is 0. The molecule has 0 radical (unpaired) electrons. The molecule has 5 heteroatoms. The molecule has 0 heterocycles. The van der Waals surface area contributed by atoms with E-state index in [1.807, 2.05) is 0 Å². The summed E-state index contributed by atoms with van der Waals surface area (Å²) in [6.07, 6.45) is -0.0406. The molecule has 0 aliphatic carbocycles. The van der Waals surface area contributed by atoms with Gasteiger partial charge in [0.2, 0.25) is 0 Å². The molecule has 0 amide bonds. The van der Waals surface area contributed by atoms with E-state index in [1.54, 1.807) is 24.3 Å². The summed E-state index contributed by atoms with van der Waals surface area (Å²) >= 11 is 0. The fourth-order valence-electron chi connectivity index (χ4n) is 1.02. The van der Waals surface area contributed by atoms with Crippen LogP contribution in [0.1, 0.15) is 11.1 Å². The summed E-state index contributed by atoms with van der Waals surface area (Å²) in [6.45, 7) is 0. The molecule has 0 unspecified atom stereocenters. The van der Waals surface area contributed by atoms with Gasteiger partial charge in [0.1, 0.15) is 5.84 Å². The van der Waals surface area contributed by atoms with Gasteiger partial charge < -0.3 is 10.8 Å². The number of amidine groups is 1. The van der Waals surface area contributed by atoms with E-state index in [4.69, 9.17) is 16.2 Å². The molecule has 0 bridgehead atoms. The maximum atomic E-state index is 10.4. The number of hydrogen-bond donors (Lipinski definition) is 3. The van der Waals surface area contributed by atoms with Crippen molar-refractivity contribution >= 4 is 24.2 Å². The highest BCUT2D eigenvalue weighted by atomic mass is 35.5. The van der Waals surface area contributed by atoms with Crippen molar-refractivity contribution in [2.45, 2.75) is 6.42 Å². The lowest BCUT2D eigenvalue weighted by Crippen LogP contribution is -2.11. The normalized spacial score (nSPS) is 8.86. The third kappa shape index (κ3) is 3.45. The molecular formula is C9H11ClN2O2. The number of nitrogen functional groups attached to an aromatic ring is 1. The largest absolute Gasteiger partial charge is 0.481 e. The summed E-state index contributed by atoms with van der Waals surface area (Å²) in [7, 11) is 0. The molecule has 0 spiro atoms. The van der Waals surface area contributed by atoms with Crippen LogP contribution in [0.4, 0.5) is 0 Å². The third-order valence-corrected chi connectivity index (χ3v) is 1.59. The molecule has 14 heavy (non-hydrogen) atoms. The van der Waals surface area contributed by atoms with E-state index in [0.29, 0.717) is 11.1 Å². The number of nitrogens with one attached hydrogen (secondary N) is 1. The molecular weight excluding hydrogens is 204 g/mol. The van der Waals surface area contributed by atoms with Crippen LogP contribution in [0.3, 0.4) is 0 Å². The molecule has 0 aliphatic heterocycles. The van der Waals surface area contributed by atoms with Gasteiger partial charge in [0.15, 0.2) is 0 Å². The Balaban J connectivity index is 0.00000169. The van der Waals surface area contributed by atoms with Gasteiger partial charge in [-0.25, -0.2) is 0 Å². The predicted octanol–water partition coefficient (Wildman–Crippen LogP) is 1.02. The van der Waals surface area contributed by atoms with E-state index >= 15 is 0 Å². The first-order valence-electron chi connectivity index (χ1n) is 3.74. The fraction of sp³-hybridized carbons (Fsp3) is 0.111. The number of carbonyl (C=O) groups is 1. The predicted molar refractivity (Wildman–Crippen MR) is 56.0 cm³/mol. The molecule has 0 aliphatic rings. The Morgan fingerprint density at radius 1 is 1.50 bits per heavy atom. The second kappa shape index (κ2) is 5.24. The van der Waals surface area contributed by atoms with Gasteiger partial charge in [-0.15, -0.1) is 12.4 Å². The van der Waals surface area contributed by atoms with Crippen molar-refractivity contribution in [2.75, 3.05) is 0 Å². The van der Waals surface area contributed by atoms with Crippen LogP contribution >= 0.6 is 12.4 Å². The minimum atomic E-state index is -0.888. The van der Waals surface area contributed by atoms with E-state index < -0.39 is 5.97 Å². The van der Waals surface area contributed by atoms with E-state index in [0.717, 1.165) is 0 Å². The van der Waals surface area contributed by atoms with Crippen LogP contribution in [0, 0.1) is 5.41 Å². The van der Waals surface area contributed by atoms with Gasteiger partial charge in [0.05, 0.1) is 6.42 Å². The van der Waals surface area contributed by atoms with Gasteiger partial charge in [-0.1, -0.05) is 18.2 Å². The highest BCUT2D eigenvalue weighted by molar-refractivity contribution is 5.95. The summed E-state index contributed by atoms with van der Waals surface area (Å²) in [5.74, 6) is -0.937. The first kappa shape index (κ1) is 12.4. The summed E-state index contributed by atoms with van der Waals surface area (Å²) in [5, 5.41) is 15.7. The topological polar surface area (TPSA) is 87.2 Å². The van der Waals surface area contributed by atoms with Crippen molar-refractivity contribution < 1.29 is 9.90 Å². The standard InChI is InChI=1S/C9H10N2O2.ClH/c10-9(11)7-3-1-2-6(4-7)5-8(12)13;/h1-4H,5H2,(H3,10,11)(H,12,13);1H. The van der Waals surface area contributed by atoms with Crippen LogP contribution in [0.2, 0.25) is 0 Å². The Morgan fingerprint density at radius 2 is 2.14 bits per heavy atom. The number of hydrogen-bond acceptors (Lipinski definition) is 2. The number of benzene rings is 1. The van der Waals surface area contributed by atoms with Crippen molar-refractivity contribution in [3.05, 3.63) is 35.4 Å². The van der Waals surface area contributed by atoms with Crippen molar-refractivity contribution in [1.29, 1.82) is 5.41 Å². The van der Waals surface area contributed by atoms with E-state index in [-0.39, 0.29) is 24.7 Å². The number of carboxylic acid groups (broad SMARTS) is 1. The van der Waals surface area contributed by atoms with Crippen molar-refractivity contribution in [2.24, 2.45) is 5.73 Å². The highest BCUT2D eigenvalue weighted by Crippen LogP contribution is 2.05. The monoisotopic (exact) mass is 214 g/mol. The van der Waals surface area contributed by atoms with Crippen LogP contribution < -0.4 is 5.73 Å². The summed E-state index contributed by atoms with van der Waals surface area (Å²) in [4.78, 5) is 10.4. The maximum absolute atomic E-state index is 10.4. The second-order valence-corrected chi connectivity index (χ2v) is 2.68. The Kier molecular flexibility index (Phi) is 4.66.